The number of aryl methyl sites for hydroxylation is 1. The van der Waals surface area contributed by atoms with Gasteiger partial charge in [-0.05, 0) is 36.3 Å². The minimum Gasteiger partial charge on any atom is -0.494 e. The molecule has 0 bridgehead atoms. The standard InChI is InChI=1S/C22H20N4O2/c1-3-28-19-11-9-16(10-12-19)13-20(17-7-5-4-6-8-17)22(27)25-21-18(14-23)15-24-26(21)2/h4-13,15H,3H2,1-2H3,(H,25,27)/b20-13+. The van der Waals surface area contributed by atoms with Crippen LogP contribution in [0.5, 0.6) is 5.75 Å². The number of carbonyl (C=O) groups is 1. The van der Waals surface area contributed by atoms with E-state index >= 15 is 0 Å². The van der Waals surface area contributed by atoms with E-state index in [1.165, 1.54) is 10.9 Å². The summed E-state index contributed by atoms with van der Waals surface area (Å²) in [5.41, 5.74) is 2.43. The number of nitrogens with zero attached hydrogens (tertiary/aromatic N) is 3. The Balaban J connectivity index is 1.96. The Bertz CT molecular complexity index is 1030. The molecule has 0 atom stereocenters. The highest BCUT2D eigenvalue weighted by molar-refractivity contribution is 6.29. The van der Waals surface area contributed by atoms with Crippen molar-refractivity contribution >= 4 is 23.4 Å². The van der Waals surface area contributed by atoms with E-state index < -0.39 is 0 Å². The number of benzene rings is 2. The first kappa shape index (κ1) is 18.9. The Labute approximate surface area is 163 Å². The maximum atomic E-state index is 13.1. The van der Waals surface area contributed by atoms with Crippen molar-refractivity contribution in [1.29, 1.82) is 5.26 Å². The maximum absolute atomic E-state index is 13.1. The lowest BCUT2D eigenvalue weighted by atomic mass is 10.0. The van der Waals surface area contributed by atoms with Crippen LogP contribution in [0.25, 0.3) is 11.6 Å². The van der Waals surface area contributed by atoms with Gasteiger partial charge in [0.05, 0.1) is 12.8 Å². The number of nitriles is 1. The molecular formula is C22H20N4O2. The average Bonchev–Trinajstić information content (AvgIpc) is 3.07. The van der Waals surface area contributed by atoms with Gasteiger partial charge in [-0.2, -0.15) is 10.4 Å². The van der Waals surface area contributed by atoms with Gasteiger partial charge in [0.15, 0.2) is 0 Å². The number of anilines is 1. The minimum absolute atomic E-state index is 0.310. The summed E-state index contributed by atoms with van der Waals surface area (Å²) >= 11 is 0. The lowest BCUT2D eigenvalue weighted by Crippen LogP contribution is -2.16. The first-order valence-electron chi connectivity index (χ1n) is 8.85. The van der Waals surface area contributed by atoms with Crippen LogP contribution in [0, 0.1) is 11.3 Å². The Kier molecular flexibility index (Phi) is 5.87. The van der Waals surface area contributed by atoms with E-state index in [-0.39, 0.29) is 5.91 Å². The number of ether oxygens (including phenoxy) is 1. The van der Waals surface area contributed by atoms with Gasteiger partial charge in [0.2, 0.25) is 0 Å². The molecule has 0 fully saturated rings. The second kappa shape index (κ2) is 8.69. The number of carbonyl (C=O) groups excluding carboxylic acids is 1. The Hall–Kier alpha value is -3.85. The predicted molar refractivity (Wildman–Crippen MR) is 108 cm³/mol. The van der Waals surface area contributed by atoms with Crippen LogP contribution >= 0.6 is 0 Å². The molecule has 0 aliphatic rings. The fourth-order valence-corrected chi connectivity index (χ4v) is 2.73. The fraction of sp³-hybridized carbons (Fsp3) is 0.136. The molecule has 0 saturated carbocycles. The quantitative estimate of drug-likeness (QED) is 0.526. The van der Waals surface area contributed by atoms with Crippen molar-refractivity contribution in [3.8, 4) is 11.8 Å². The zero-order valence-corrected chi connectivity index (χ0v) is 15.7. The van der Waals surface area contributed by atoms with Crippen molar-refractivity contribution in [2.75, 3.05) is 11.9 Å². The molecule has 1 amide bonds. The van der Waals surface area contributed by atoms with E-state index in [1.807, 2.05) is 73.7 Å². The van der Waals surface area contributed by atoms with Gasteiger partial charge in [-0.3, -0.25) is 9.48 Å². The van der Waals surface area contributed by atoms with Crippen LogP contribution in [0.15, 0.2) is 60.8 Å². The van der Waals surface area contributed by atoms with Crippen LogP contribution in [0.2, 0.25) is 0 Å². The molecule has 2 aromatic carbocycles. The van der Waals surface area contributed by atoms with Gasteiger partial charge >= 0.3 is 0 Å². The second-order valence-corrected chi connectivity index (χ2v) is 6.02. The van der Waals surface area contributed by atoms with E-state index in [2.05, 4.69) is 10.4 Å². The lowest BCUT2D eigenvalue weighted by Gasteiger charge is -2.11. The van der Waals surface area contributed by atoms with Crippen molar-refractivity contribution in [2.24, 2.45) is 7.05 Å². The molecular weight excluding hydrogens is 352 g/mol. The fourth-order valence-electron chi connectivity index (χ4n) is 2.73. The highest BCUT2D eigenvalue weighted by atomic mass is 16.5. The van der Waals surface area contributed by atoms with Crippen LogP contribution in [0.3, 0.4) is 0 Å². The Morgan fingerprint density at radius 2 is 1.93 bits per heavy atom. The summed E-state index contributed by atoms with van der Waals surface area (Å²) < 4.78 is 6.93. The van der Waals surface area contributed by atoms with E-state index in [0.29, 0.717) is 23.6 Å². The number of rotatable bonds is 6. The molecule has 28 heavy (non-hydrogen) atoms. The molecule has 1 heterocycles. The molecule has 0 radical (unpaired) electrons. The van der Waals surface area contributed by atoms with Gasteiger partial charge in [0, 0.05) is 12.6 Å². The SMILES string of the molecule is CCOc1ccc(/C=C(/C(=O)Nc2c(C#N)cnn2C)c2ccccc2)cc1. The first-order chi connectivity index (χ1) is 13.6. The summed E-state index contributed by atoms with van der Waals surface area (Å²) in [6.45, 7) is 2.53. The molecule has 140 valence electrons. The van der Waals surface area contributed by atoms with Gasteiger partial charge in [0.25, 0.3) is 5.91 Å². The Morgan fingerprint density at radius 1 is 1.21 bits per heavy atom. The molecule has 6 heteroatoms. The summed E-state index contributed by atoms with van der Waals surface area (Å²) in [6, 6.07) is 18.9. The topological polar surface area (TPSA) is 79.9 Å². The lowest BCUT2D eigenvalue weighted by molar-refractivity contribution is -0.111. The molecule has 3 rings (SSSR count). The summed E-state index contributed by atoms with van der Waals surface area (Å²) in [6.07, 6.45) is 3.23. The van der Waals surface area contributed by atoms with E-state index in [4.69, 9.17) is 4.74 Å². The zero-order chi connectivity index (χ0) is 19.9. The number of hydrogen-bond acceptors (Lipinski definition) is 4. The third-order valence-electron chi connectivity index (χ3n) is 4.12. The third kappa shape index (κ3) is 4.27. The van der Waals surface area contributed by atoms with Crippen molar-refractivity contribution in [2.45, 2.75) is 6.92 Å². The van der Waals surface area contributed by atoms with Gasteiger partial charge in [-0.1, -0.05) is 42.5 Å². The number of hydrogen-bond donors (Lipinski definition) is 1. The van der Waals surface area contributed by atoms with Crippen molar-refractivity contribution in [1.82, 2.24) is 9.78 Å². The first-order valence-corrected chi connectivity index (χ1v) is 8.85. The molecule has 3 aromatic rings. The van der Waals surface area contributed by atoms with Crippen LogP contribution < -0.4 is 10.1 Å². The highest BCUT2D eigenvalue weighted by Crippen LogP contribution is 2.23. The monoisotopic (exact) mass is 372 g/mol. The van der Waals surface area contributed by atoms with Gasteiger partial charge in [-0.15, -0.1) is 0 Å². The molecule has 1 aromatic heterocycles. The van der Waals surface area contributed by atoms with Gasteiger partial charge < -0.3 is 10.1 Å². The van der Waals surface area contributed by atoms with E-state index in [1.54, 1.807) is 7.05 Å². The summed E-state index contributed by atoms with van der Waals surface area (Å²) in [5, 5.41) is 16.1. The molecule has 0 saturated heterocycles. The van der Waals surface area contributed by atoms with Crippen LogP contribution in [0.1, 0.15) is 23.6 Å². The zero-order valence-electron chi connectivity index (χ0n) is 15.7. The van der Waals surface area contributed by atoms with Crippen LogP contribution in [-0.2, 0) is 11.8 Å². The van der Waals surface area contributed by atoms with Crippen LogP contribution in [-0.4, -0.2) is 22.3 Å². The average molecular weight is 372 g/mol. The van der Waals surface area contributed by atoms with E-state index in [9.17, 15) is 10.1 Å². The van der Waals surface area contributed by atoms with Crippen molar-refractivity contribution < 1.29 is 9.53 Å². The normalized spacial score (nSPS) is 11.0. The summed E-state index contributed by atoms with van der Waals surface area (Å²) in [7, 11) is 1.68. The smallest absolute Gasteiger partial charge is 0.257 e. The summed E-state index contributed by atoms with van der Waals surface area (Å²) in [4.78, 5) is 13.1. The predicted octanol–water partition coefficient (Wildman–Crippen LogP) is 3.87. The van der Waals surface area contributed by atoms with Crippen molar-refractivity contribution in [3.63, 3.8) is 0 Å². The third-order valence-corrected chi connectivity index (χ3v) is 4.12. The molecule has 0 unspecified atom stereocenters. The number of nitrogens with one attached hydrogen (secondary N) is 1. The Morgan fingerprint density at radius 3 is 2.57 bits per heavy atom. The summed E-state index contributed by atoms with van der Waals surface area (Å²) in [5.74, 6) is 0.820. The second-order valence-electron chi connectivity index (χ2n) is 6.02. The van der Waals surface area contributed by atoms with Crippen LogP contribution in [0.4, 0.5) is 5.82 Å². The molecule has 1 N–H and O–H groups in total. The minimum atomic E-state index is -0.319. The molecule has 6 nitrogen and oxygen atoms in total. The maximum Gasteiger partial charge on any atom is 0.257 e. The van der Waals surface area contributed by atoms with Gasteiger partial charge in [-0.25, -0.2) is 0 Å². The highest BCUT2D eigenvalue weighted by Gasteiger charge is 2.17. The largest absolute Gasteiger partial charge is 0.494 e. The van der Waals surface area contributed by atoms with Gasteiger partial charge in [0.1, 0.15) is 23.2 Å². The molecule has 0 aliphatic carbocycles. The molecule has 0 spiro atoms. The molecule has 0 aliphatic heterocycles. The van der Waals surface area contributed by atoms with Crippen molar-refractivity contribution in [3.05, 3.63) is 77.5 Å². The number of aromatic nitrogens is 2. The van der Waals surface area contributed by atoms with E-state index in [0.717, 1.165) is 16.9 Å². The number of amides is 1.